The highest BCUT2D eigenvalue weighted by molar-refractivity contribution is 5.86. The van der Waals surface area contributed by atoms with Crippen LogP contribution in [0.25, 0.3) is 0 Å². The fourth-order valence-corrected chi connectivity index (χ4v) is 3.80. The predicted octanol–water partition coefficient (Wildman–Crippen LogP) is 3.09. The van der Waals surface area contributed by atoms with Gasteiger partial charge in [-0.15, -0.1) is 0 Å². The van der Waals surface area contributed by atoms with Crippen LogP contribution in [0.2, 0.25) is 0 Å². The Hall–Kier alpha value is -2.15. The van der Waals surface area contributed by atoms with Crippen molar-refractivity contribution in [1.82, 2.24) is 10.2 Å². The van der Waals surface area contributed by atoms with E-state index in [-0.39, 0.29) is 24.7 Å². The number of nitrogens with one attached hydrogen (secondary N) is 1. The lowest BCUT2D eigenvalue weighted by molar-refractivity contribution is -0.148. The van der Waals surface area contributed by atoms with E-state index in [4.69, 9.17) is 4.74 Å². The molecule has 0 aromatic heterocycles. The molecule has 26 heavy (non-hydrogen) atoms. The fraction of sp³-hybridized carbons (Fsp3) is 0.579. The quantitative estimate of drug-likeness (QED) is 0.864. The highest BCUT2D eigenvalue weighted by Crippen LogP contribution is 2.31. The number of aliphatic carboxylic acids is 1. The van der Waals surface area contributed by atoms with Crippen LogP contribution >= 0.6 is 0 Å². The fourth-order valence-electron chi connectivity index (χ4n) is 3.80. The Labute approximate surface area is 152 Å². The molecule has 2 N–H and O–H groups in total. The zero-order valence-electron chi connectivity index (χ0n) is 14.7. The lowest BCUT2D eigenvalue weighted by Gasteiger charge is -2.38. The van der Waals surface area contributed by atoms with Gasteiger partial charge in [0.1, 0.15) is 11.4 Å². The summed E-state index contributed by atoms with van der Waals surface area (Å²) in [6.07, 6.45) is 4.01. The number of carbonyl (C=O) groups is 2. The Kier molecular flexibility index (Phi) is 5.76. The zero-order valence-corrected chi connectivity index (χ0v) is 14.7. The van der Waals surface area contributed by atoms with Crippen LogP contribution in [-0.2, 0) is 9.53 Å². The molecule has 0 radical (unpaired) electrons. The summed E-state index contributed by atoms with van der Waals surface area (Å²) in [5, 5.41) is 12.4. The number of carboxylic acid groups (broad SMARTS) is 1. The average molecular weight is 364 g/mol. The molecule has 1 atom stereocenters. The van der Waals surface area contributed by atoms with Gasteiger partial charge in [0.25, 0.3) is 0 Å². The van der Waals surface area contributed by atoms with Crippen molar-refractivity contribution >= 4 is 12.0 Å². The predicted molar refractivity (Wildman–Crippen MR) is 93.3 cm³/mol. The SMILES string of the molecule is O=C(NC1(C(=O)O)CCOCC1)N1CCCCC[C@H]1c1cccc(F)c1. The molecule has 0 spiro atoms. The molecule has 1 aromatic carbocycles. The van der Waals surface area contributed by atoms with E-state index in [1.807, 2.05) is 6.07 Å². The van der Waals surface area contributed by atoms with Gasteiger partial charge in [-0.05, 0) is 30.5 Å². The summed E-state index contributed by atoms with van der Waals surface area (Å²) in [6, 6.07) is 5.65. The third kappa shape index (κ3) is 3.98. The van der Waals surface area contributed by atoms with Crippen molar-refractivity contribution in [2.75, 3.05) is 19.8 Å². The Morgan fingerprint density at radius 2 is 2.00 bits per heavy atom. The molecule has 7 heteroatoms. The third-order valence-corrected chi connectivity index (χ3v) is 5.35. The van der Waals surface area contributed by atoms with Crippen LogP contribution in [0.4, 0.5) is 9.18 Å². The summed E-state index contributed by atoms with van der Waals surface area (Å²) in [7, 11) is 0. The molecule has 6 nitrogen and oxygen atoms in total. The smallest absolute Gasteiger partial charge is 0.329 e. The number of rotatable bonds is 3. The molecule has 2 aliphatic heterocycles. The van der Waals surface area contributed by atoms with Crippen molar-refractivity contribution in [2.24, 2.45) is 0 Å². The Morgan fingerprint density at radius 3 is 2.69 bits per heavy atom. The summed E-state index contributed by atoms with van der Waals surface area (Å²) in [5.74, 6) is -1.37. The number of urea groups is 1. The van der Waals surface area contributed by atoms with Gasteiger partial charge in [0.05, 0.1) is 6.04 Å². The molecule has 0 unspecified atom stereocenters. The highest BCUT2D eigenvalue weighted by Gasteiger charge is 2.43. The van der Waals surface area contributed by atoms with Crippen LogP contribution in [0.3, 0.4) is 0 Å². The maximum absolute atomic E-state index is 13.7. The molecular weight excluding hydrogens is 339 g/mol. The second-order valence-corrected chi connectivity index (χ2v) is 7.04. The van der Waals surface area contributed by atoms with Gasteiger partial charge < -0.3 is 20.1 Å². The molecule has 2 amide bonds. The molecule has 2 aliphatic rings. The second kappa shape index (κ2) is 8.03. The number of hydrogen-bond acceptors (Lipinski definition) is 3. The number of amides is 2. The van der Waals surface area contributed by atoms with E-state index < -0.39 is 17.5 Å². The van der Waals surface area contributed by atoms with E-state index in [0.717, 1.165) is 31.2 Å². The van der Waals surface area contributed by atoms with Gasteiger partial charge in [0.2, 0.25) is 0 Å². The Balaban J connectivity index is 1.83. The van der Waals surface area contributed by atoms with E-state index in [1.165, 1.54) is 12.1 Å². The van der Waals surface area contributed by atoms with Crippen LogP contribution in [-0.4, -0.2) is 47.3 Å². The number of benzene rings is 1. The standard InChI is InChI=1S/C19H25FN2O4/c20-15-6-4-5-14(13-15)16-7-2-1-3-10-22(16)18(25)21-19(17(23)24)8-11-26-12-9-19/h4-6,13,16H,1-3,7-12H2,(H,21,25)(H,23,24)/t16-/m0/s1. The summed E-state index contributed by atoms with van der Waals surface area (Å²) in [4.78, 5) is 26.5. The Bertz CT molecular complexity index is 661. The van der Waals surface area contributed by atoms with Crippen molar-refractivity contribution in [3.8, 4) is 0 Å². The van der Waals surface area contributed by atoms with E-state index in [1.54, 1.807) is 11.0 Å². The van der Waals surface area contributed by atoms with E-state index in [0.29, 0.717) is 19.8 Å². The maximum Gasteiger partial charge on any atom is 0.329 e. The van der Waals surface area contributed by atoms with E-state index in [9.17, 15) is 19.1 Å². The first-order valence-corrected chi connectivity index (χ1v) is 9.17. The van der Waals surface area contributed by atoms with E-state index >= 15 is 0 Å². The van der Waals surface area contributed by atoms with Gasteiger partial charge in [0, 0.05) is 32.6 Å². The monoisotopic (exact) mass is 364 g/mol. The highest BCUT2D eigenvalue weighted by atomic mass is 19.1. The molecule has 0 aliphatic carbocycles. The number of carbonyl (C=O) groups excluding carboxylic acids is 1. The number of nitrogens with zero attached hydrogens (tertiary/aromatic N) is 1. The molecule has 2 fully saturated rings. The molecule has 0 bridgehead atoms. The molecule has 1 aromatic rings. The largest absolute Gasteiger partial charge is 0.480 e. The van der Waals surface area contributed by atoms with Crippen LogP contribution in [0.15, 0.2) is 24.3 Å². The maximum atomic E-state index is 13.7. The van der Waals surface area contributed by atoms with E-state index in [2.05, 4.69) is 5.32 Å². The summed E-state index contributed by atoms with van der Waals surface area (Å²) in [6.45, 7) is 1.14. The van der Waals surface area contributed by atoms with Crippen LogP contribution < -0.4 is 5.32 Å². The second-order valence-electron chi connectivity index (χ2n) is 7.04. The van der Waals surface area contributed by atoms with Crippen molar-refractivity contribution < 1.29 is 23.8 Å². The number of carboxylic acids is 1. The molecule has 2 saturated heterocycles. The molecule has 0 saturated carbocycles. The van der Waals surface area contributed by atoms with Gasteiger partial charge in [-0.25, -0.2) is 14.0 Å². The first-order valence-electron chi connectivity index (χ1n) is 9.17. The lowest BCUT2D eigenvalue weighted by Crippen LogP contribution is -2.60. The number of halogens is 1. The van der Waals surface area contributed by atoms with Crippen molar-refractivity contribution in [3.63, 3.8) is 0 Å². The van der Waals surface area contributed by atoms with Crippen LogP contribution in [0, 0.1) is 5.82 Å². The molecule has 142 valence electrons. The first-order chi connectivity index (χ1) is 12.5. The number of ether oxygens (including phenoxy) is 1. The lowest BCUT2D eigenvalue weighted by atomic mass is 9.90. The van der Waals surface area contributed by atoms with Gasteiger partial charge in [-0.3, -0.25) is 0 Å². The number of hydrogen-bond donors (Lipinski definition) is 2. The third-order valence-electron chi connectivity index (χ3n) is 5.35. The minimum absolute atomic E-state index is 0.243. The zero-order chi connectivity index (χ0) is 18.6. The minimum atomic E-state index is -1.30. The first kappa shape index (κ1) is 18.6. The topological polar surface area (TPSA) is 78.9 Å². The van der Waals surface area contributed by atoms with Crippen LogP contribution in [0.5, 0.6) is 0 Å². The normalized spacial score (nSPS) is 23.1. The van der Waals surface area contributed by atoms with Crippen molar-refractivity contribution in [3.05, 3.63) is 35.6 Å². The van der Waals surface area contributed by atoms with Gasteiger partial charge in [0.15, 0.2) is 0 Å². The van der Waals surface area contributed by atoms with Gasteiger partial charge >= 0.3 is 12.0 Å². The molecule has 2 heterocycles. The summed E-state index contributed by atoms with van der Waals surface area (Å²) >= 11 is 0. The van der Waals surface area contributed by atoms with Crippen LogP contribution in [0.1, 0.15) is 50.1 Å². The summed E-state index contributed by atoms with van der Waals surface area (Å²) < 4.78 is 18.9. The van der Waals surface area contributed by atoms with Crippen molar-refractivity contribution in [2.45, 2.75) is 50.1 Å². The average Bonchev–Trinajstić information content (AvgIpc) is 2.88. The van der Waals surface area contributed by atoms with Gasteiger partial charge in [-0.2, -0.15) is 0 Å². The number of likely N-dealkylation sites (tertiary alicyclic amines) is 1. The minimum Gasteiger partial charge on any atom is -0.480 e. The molecular formula is C19H25FN2O4. The molecule has 3 rings (SSSR count). The Morgan fingerprint density at radius 1 is 1.23 bits per heavy atom. The van der Waals surface area contributed by atoms with Crippen molar-refractivity contribution in [1.29, 1.82) is 0 Å². The van der Waals surface area contributed by atoms with Gasteiger partial charge in [-0.1, -0.05) is 25.0 Å². The summed E-state index contributed by atoms with van der Waals surface area (Å²) in [5.41, 5.74) is -0.549.